The lowest BCUT2D eigenvalue weighted by Gasteiger charge is -2.05. The zero-order chi connectivity index (χ0) is 13.2. The summed E-state index contributed by atoms with van der Waals surface area (Å²) < 4.78 is 1.08. The minimum Gasteiger partial charge on any atom is -0.322 e. The SMILES string of the molecule is Cc1ccc(NC(=O)c2ccc3[nH+]csc3c2)cc1. The molecule has 2 N–H and O–H groups in total. The Kier molecular flexibility index (Phi) is 3.01. The second kappa shape index (κ2) is 4.82. The number of thiazole rings is 1. The molecule has 19 heavy (non-hydrogen) atoms. The molecule has 1 amide bonds. The van der Waals surface area contributed by atoms with E-state index in [1.165, 1.54) is 5.56 Å². The van der Waals surface area contributed by atoms with E-state index in [0.717, 1.165) is 15.9 Å². The van der Waals surface area contributed by atoms with Crippen LogP contribution in [0.2, 0.25) is 0 Å². The van der Waals surface area contributed by atoms with Gasteiger partial charge in [0.1, 0.15) is 4.70 Å². The lowest BCUT2D eigenvalue weighted by atomic mass is 10.2. The molecule has 0 radical (unpaired) electrons. The van der Waals surface area contributed by atoms with E-state index in [9.17, 15) is 4.79 Å². The maximum atomic E-state index is 12.1. The van der Waals surface area contributed by atoms with Crippen molar-refractivity contribution >= 4 is 33.1 Å². The lowest BCUT2D eigenvalue weighted by Crippen LogP contribution is -2.11. The number of H-pyrrole nitrogens is 1. The van der Waals surface area contributed by atoms with Gasteiger partial charge in [0.2, 0.25) is 11.0 Å². The highest BCUT2D eigenvalue weighted by atomic mass is 32.1. The largest absolute Gasteiger partial charge is 0.322 e. The highest BCUT2D eigenvalue weighted by Gasteiger charge is 2.09. The summed E-state index contributed by atoms with van der Waals surface area (Å²) in [5.74, 6) is -0.0841. The third-order valence-corrected chi connectivity index (χ3v) is 3.78. The topological polar surface area (TPSA) is 43.2 Å². The van der Waals surface area contributed by atoms with Crippen LogP contribution in [0.25, 0.3) is 10.2 Å². The number of anilines is 1. The Hall–Kier alpha value is -2.20. The molecule has 0 aliphatic rings. The first-order chi connectivity index (χ1) is 9.22. The van der Waals surface area contributed by atoms with Gasteiger partial charge in [-0.1, -0.05) is 29.0 Å². The van der Waals surface area contributed by atoms with Gasteiger partial charge < -0.3 is 5.32 Å². The summed E-state index contributed by atoms with van der Waals surface area (Å²) in [4.78, 5) is 15.3. The standard InChI is InChI=1S/C15H12N2OS/c1-10-2-5-12(6-3-10)17-15(18)11-4-7-13-14(8-11)19-9-16-13/h2-9H,1H3,(H,17,18)/p+1. The fourth-order valence-electron chi connectivity index (χ4n) is 1.88. The fourth-order valence-corrected chi connectivity index (χ4v) is 2.64. The first-order valence-electron chi connectivity index (χ1n) is 5.99. The summed E-state index contributed by atoms with van der Waals surface area (Å²) >= 11 is 1.59. The van der Waals surface area contributed by atoms with Crippen molar-refractivity contribution in [1.29, 1.82) is 0 Å². The predicted octanol–water partition coefficient (Wildman–Crippen LogP) is 3.28. The maximum absolute atomic E-state index is 12.1. The van der Waals surface area contributed by atoms with Gasteiger partial charge in [0, 0.05) is 17.3 Å². The fraction of sp³-hybridized carbons (Fsp3) is 0.0667. The van der Waals surface area contributed by atoms with E-state index in [4.69, 9.17) is 0 Å². The highest BCUT2D eigenvalue weighted by Crippen LogP contribution is 2.17. The van der Waals surface area contributed by atoms with Gasteiger partial charge in [-0.3, -0.25) is 4.79 Å². The summed E-state index contributed by atoms with van der Waals surface area (Å²) in [6.07, 6.45) is 0. The van der Waals surface area contributed by atoms with E-state index in [1.54, 1.807) is 11.3 Å². The molecule has 0 aliphatic carbocycles. The van der Waals surface area contributed by atoms with Crippen molar-refractivity contribution in [3.63, 3.8) is 0 Å². The van der Waals surface area contributed by atoms with Gasteiger partial charge in [0.15, 0.2) is 0 Å². The zero-order valence-electron chi connectivity index (χ0n) is 10.4. The van der Waals surface area contributed by atoms with Gasteiger partial charge in [0.25, 0.3) is 5.91 Å². The summed E-state index contributed by atoms with van der Waals surface area (Å²) in [6.45, 7) is 2.02. The normalized spacial score (nSPS) is 10.6. The Morgan fingerprint density at radius 3 is 2.74 bits per heavy atom. The molecule has 4 heteroatoms. The van der Waals surface area contributed by atoms with Gasteiger partial charge in [-0.2, -0.15) is 0 Å². The number of hydrogen-bond acceptors (Lipinski definition) is 2. The molecule has 2 aromatic carbocycles. The van der Waals surface area contributed by atoms with Crippen LogP contribution in [0.1, 0.15) is 15.9 Å². The second-order valence-electron chi connectivity index (χ2n) is 4.41. The molecule has 0 atom stereocenters. The van der Waals surface area contributed by atoms with Gasteiger partial charge in [0.05, 0.1) is 0 Å². The Morgan fingerprint density at radius 1 is 1.16 bits per heavy atom. The quantitative estimate of drug-likeness (QED) is 0.762. The van der Waals surface area contributed by atoms with Crippen LogP contribution in [0, 0.1) is 6.92 Å². The van der Waals surface area contributed by atoms with Crippen LogP contribution in [0.4, 0.5) is 5.69 Å². The predicted molar refractivity (Wildman–Crippen MR) is 77.5 cm³/mol. The van der Waals surface area contributed by atoms with Crippen LogP contribution in [-0.2, 0) is 0 Å². The van der Waals surface area contributed by atoms with Crippen LogP contribution in [0.15, 0.2) is 48.0 Å². The third-order valence-electron chi connectivity index (χ3n) is 2.95. The molecule has 3 aromatic rings. The molecule has 0 aliphatic heterocycles. The lowest BCUT2D eigenvalue weighted by molar-refractivity contribution is -0.338. The molecule has 1 heterocycles. The molecule has 94 valence electrons. The molecule has 0 saturated carbocycles. The van der Waals surface area contributed by atoms with Crippen molar-refractivity contribution in [3.8, 4) is 0 Å². The summed E-state index contributed by atoms with van der Waals surface area (Å²) in [5, 5.41) is 2.90. The number of amides is 1. The van der Waals surface area contributed by atoms with E-state index in [2.05, 4.69) is 10.3 Å². The van der Waals surface area contributed by atoms with Crippen LogP contribution < -0.4 is 10.3 Å². The average molecular weight is 269 g/mol. The van der Waals surface area contributed by atoms with Gasteiger partial charge in [-0.25, -0.2) is 4.98 Å². The Bertz CT molecular complexity index is 731. The minimum atomic E-state index is -0.0841. The monoisotopic (exact) mass is 269 g/mol. The number of hydrogen-bond donors (Lipinski definition) is 1. The number of benzene rings is 2. The highest BCUT2D eigenvalue weighted by molar-refractivity contribution is 7.16. The number of carbonyl (C=O) groups is 1. The number of nitrogens with one attached hydrogen (secondary N) is 2. The van der Waals surface area contributed by atoms with Crippen LogP contribution in [0.5, 0.6) is 0 Å². The van der Waals surface area contributed by atoms with Crippen LogP contribution in [-0.4, -0.2) is 5.91 Å². The molecule has 3 rings (SSSR count). The van der Waals surface area contributed by atoms with E-state index in [1.807, 2.05) is 54.9 Å². The van der Waals surface area contributed by atoms with Crippen LogP contribution in [0.3, 0.4) is 0 Å². The van der Waals surface area contributed by atoms with Crippen molar-refractivity contribution in [1.82, 2.24) is 0 Å². The van der Waals surface area contributed by atoms with Crippen molar-refractivity contribution in [2.75, 3.05) is 5.32 Å². The van der Waals surface area contributed by atoms with E-state index >= 15 is 0 Å². The summed E-state index contributed by atoms with van der Waals surface area (Å²) in [5.41, 5.74) is 5.62. The first kappa shape index (κ1) is 11.9. The van der Waals surface area contributed by atoms with E-state index in [-0.39, 0.29) is 5.91 Å². The molecular weight excluding hydrogens is 256 g/mol. The molecule has 0 unspecified atom stereocenters. The smallest absolute Gasteiger partial charge is 0.255 e. The summed E-state index contributed by atoms with van der Waals surface area (Å²) in [7, 11) is 0. The molecule has 0 fully saturated rings. The second-order valence-corrected chi connectivity index (χ2v) is 5.32. The van der Waals surface area contributed by atoms with Gasteiger partial charge >= 0.3 is 0 Å². The third kappa shape index (κ3) is 2.48. The van der Waals surface area contributed by atoms with Crippen molar-refractivity contribution < 1.29 is 9.78 Å². The Balaban J connectivity index is 1.84. The number of fused-ring (bicyclic) bond motifs is 1. The number of aromatic nitrogens is 1. The molecule has 3 nitrogen and oxygen atoms in total. The number of aryl methyl sites for hydroxylation is 1. The zero-order valence-corrected chi connectivity index (χ0v) is 11.3. The summed E-state index contributed by atoms with van der Waals surface area (Å²) in [6, 6.07) is 13.4. The molecule has 0 spiro atoms. The number of aromatic amines is 1. The Labute approximate surface area is 114 Å². The van der Waals surface area contributed by atoms with Crippen molar-refractivity contribution in [2.24, 2.45) is 0 Å². The minimum absolute atomic E-state index is 0.0841. The molecule has 1 aromatic heterocycles. The van der Waals surface area contributed by atoms with Crippen molar-refractivity contribution in [2.45, 2.75) is 6.92 Å². The Morgan fingerprint density at radius 2 is 1.95 bits per heavy atom. The molecule has 0 saturated heterocycles. The number of carbonyl (C=O) groups excluding carboxylic acids is 1. The van der Waals surface area contributed by atoms with Gasteiger partial charge in [-0.05, 0) is 31.2 Å². The maximum Gasteiger partial charge on any atom is 0.255 e. The first-order valence-corrected chi connectivity index (χ1v) is 6.87. The van der Waals surface area contributed by atoms with E-state index < -0.39 is 0 Å². The molecule has 0 bridgehead atoms. The number of rotatable bonds is 2. The van der Waals surface area contributed by atoms with Gasteiger partial charge in [-0.15, -0.1) is 0 Å². The molecular formula is C15H13N2OS+. The average Bonchev–Trinajstić information content (AvgIpc) is 2.88. The van der Waals surface area contributed by atoms with Crippen LogP contribution >= 0.6 is 11.3 Å². The van der Waals surface area contributed by atoms with E-state index in [0.29, 0.717) is 5.56 Å². The van der Waals surface area contributed by atoms with Crippen molar-refractivity contribution in [3.05, 3.63) is 59.1 Å².